The van der Waals surface area contributed by atoms with Crippen LogP contribution in [0, 0.1) is 0 Å². The van der Waals surface area contributed by atoms with Crippen LogP contribution in [-0.2, 0) is 4.79 Å². The Kier molecular flexibility index (Phi) is 7.44. The van der Waals surface area contributed by atoms with Gasteiger partial charge in [0.25, 0.3) is 0 Å². The Morgan fingerprint density at radius 1 is 1.75 bits per heavy atom. The van der Waals surface area contributed by atoms with Crippen molar-refractivity contribution in [2.24, 2.45) is 0 Å². The molecular formula is C4H10O3Sn. The summed E-state index contributed by atoms with van der Waals surface area (Å²) in [5.41, 5.74) is 0. The average molecular weight is 225 g/mol. The fourth-order valence-electron chi connectivity index (χ4n) is 0.175. The van der Waals surface area contributed by atoms with E-state index in [4.69, 9.17) is 10.2 Å². The first-order valence-corrected chi connectivity index (χ1v) is 2.09. The molecule has 0 bridgehead atoms. The Morgan fingerprint density at radius 3 is 2.12 bits per heavy atom. The summed E-state index contributed by atoms with van der Waals surface area (Å²) < 4.78 is 0. The molecule has 0 saturated carbocycles. The number of aliphatic carboxylic acids is 1. The van der Waals surface area contributed by atoms with Crippen molar-refractivity contribution in [3.05, 3.63) is 0 Å². The maximum absolute atomic E-state index is 9.68. The number of aliphatic hydroxyl groups is 1. The Balaban J connectivity index is 0. The van der Waals surface area contributed by atoms with Crippen LogP contribution in [0.3, 0.4) is 0 Å². The average Bonchev–Trinajstić information content (AvgIpc) is 1.65. The summed E-state index contributed by atoms with van der Waals surface area (Å²) in [7, 11) is 0. The topological polar surface area (TPSA) is 57.5 Å². The molecule has 0 aromatic rings. The van der Waals surface area contributed by atoms with E-state index in [9.17, 15) is 4.79 Å². The fourth-order valence-corrected chi connectivity index (χ4v) is 0.175. The molecule has 4 heteroatoms. The predicted molar refractivity (Wildman–Crippen MR) is 32.5 cm³/mol. The van der Waals surface area contributed by atoms with E-state index >= 15 is 0 Å². The van der Waals surface area contributed by atoms with Crippen LogP contribution in [0.4, 0.5) is 0 Å². The monoisotopic (exact) mass is 226 g/mol. The molecule has 0 aromatic carbocycles. The molecule has 0 saturated heterocycles. The van der Waals surface area contributed by atoms with Crippen molar-refractivity contribution in [3.63, 3.8) is 0 Å². The summed E-state index contributed by atoms with van der Waals surface area (Å²) in [6, 6.07) is 0. The fraction of sp³-hybridized carbons (Fsp3) is 0.750. The van der Waals surface area contributed by atoms with Crippen molar-refractivity contribution >= 4 is 29.9 Å². The molecule has 2 radical (unpaired) electrons. The normalized spacial score (nSPS) is 11.8. The van der Waals surface area contributed by atoms with Gasteiger partial charge in [0, 0.05) is 0 Å². The van der Waals surface area contributed by atoms with Gasteiger partial charge in [-0.1, -0.05) is 6.92 Å². The number of aliphatic hydroxyl groups excluding tert-OH is 1. The second kappa shape index (κ2) is 5.37. The number of hydrogen-bond acceptors (Lipinski definition) is 2. The number of hydrogen-bond donors (Lipinski definition) is 2. The molecule has 1 unspecified atom stereocenters. The molecule has 0 fully saturated rings. The molecule has 2 N–H and O–H groups in total. The van der Waals surface area contributed by atoms with Crippen molar-refractivity contribution in [2.75, 3.05) is 0 Å². The Labute approximate surface area is 64.7 Å². The molecule has 0 heterocycles. The van der Waals surface area contributed by atoms with Gasteiger partial charge >= 0.3 is 29.9 Å². The maximum atomic E-state index is 9.68. The van der Waals surface area contributed by atoms with Crippen molar-refractivity contribution in [1.29, 1.82) is 0 Å². The van der Waals surface area contributed by atoms with E-state index in [2.05, 4.69) is 0 Å². The molecule has 0 spiro atoms. The minimum atomic E-state index is -1.18. The zero-order valence-corrected chi connectivity index (χ0v) is 8.83. The number of carboxylic acids is 1. The summed E-state index contributed by atoms with van der Waals surface area (Å²) >= 11 is 0. The molecule has 8 heavy (non-hydrogen) atoms. The van der Waals surface area contributed by atoms with E-state index in [1.165, 1.54) is 0 Å². The van der Waals surface area contributed by atoms with E-state index < -0.39 is 12.1 Å². The Bertz CT molecular complexity index is 73.7. The van der Waals surface area contributed by atoms with Gasteiger partial charge in [0.2, 0.25) is 0 Å². The molecular weight excluding hydrogens is 215 g/mol. The van der Waals surface area contributed by atoms with Crippen LogP contribution in [0.25, 0.3) is 0 Å². The van der Waals surface area contributed by atoms with Crippen LogP contribution < -0.4 is 0 Å². The van der Waals surface area contributed by atoms with Gasteiger partial charge in [0.05, 0.1) is 0 Å². The van der Waals surface area contributed by atoms with Crippen molar-refractivity contribution in [1.82, 2.24) is 0 Å². The van der Waals surface area contributed by atoms with Crippen molar-refractivity contribution in [2.45, 2.75) is 19.4 Å². The summed E-state index contributed by atoms with van der Waals surface area (Å²) in [6.45, 7) is 1.61. The van der Waals surface area contributed by atoms with Crippen molar-refractivity contribution in [3.8, 4) is 0 Å². The van der Waals surface area contributed by atoms with Crippen molar-refractivity contribution < 1.29 is 15.0 Å². The predicted octanol–water partition coefficient (Wildman–Crippen LogP) is -1.07. The summed E-state index contributed by atoms with van der Waals surface area (Å²) in [5, 5.41) is 16.3. The number of rotatable bonds is 2. The van der Waals surface area contributed by atoms with Gasteiger partial charge in [-0.25, -0.2) is 4.79 Å². The second-order valence-electron chi connectivity index (χ2n) is 1.26. The zero-order valence-electron chi connectivity index (χ0n) is 4.79. The molecule has 0 rings (SSSR count). The van der Waals surface area contributed by atoms with Crippen LogP contribution in [0.1, 0.15) is 13.3 Å². The van der Waals surface area contributed by atoms with Gasteiger partial charge in [0.15, 0.2) is 6.10 Å². The van der Waals surface area contributed by atoms with Gasteiger partial charge in [-0.3, -0.25) is 0 Å². The molecule has 48 valence electrons. The van der Waals surface area contributed by atoms with E-state index in [-0.39, 0.29) is 30.3 Å². The SMILES string of the molecule is CCC(O)C(=O)O.[SnH2]. The molecule has 0 aliphatic rings. The van der Waals surface area contributed by atoms with E-state index in [1.54, 1.807) is 6.92 Å². The quantitative estimate of drug-likeness (QED) is 0.588. The minimum absolute atomic E-state index is 0. The van der Waals surface area contributed by atoms with E-state index in [0.717, 1.165) is 0 Å². The number of carbonyl (C=O) groups is 1. The van der Waals surface area contributed by atoms with Crippen LogP contribution in [0.2, 0.25) is 0 Å². The standard InChI is InChI=1S/C4H8O3.Sn.2H/c1-2-3(5)4(6)7;;;/h3,5H,2H2,1H3,(H,6,7);;;. The Hall–Kier alpha value is 0.229. The summed E-state index contributed by atoms with van der Waals surface area (Å²) in [6.07, 6.45) is -0.907. The molecule has 0 aliphatic carbocycles. The summed E-state index contributed by atoms with van der Waals surface area (Å²) in [4.78, 5) is 9.68. The molecule has 0 aromatic heterocycles. The molecule has 0 aliphatic heterocycles. The molecule has 0 amide bonds. The molecule has 1 atom stereocenters. The van der Waals surface area contributed by atoms with Crippen LogP contribution >= 0.6 is 0 Å². The molecule has 3 nitrogen and oxygen atoms in total. The first kappa shape index (κ1) is 11.1. The van der Waals surface area contributed by atoms with Gasteiger partial charge < -0.3 is 10.2 Å². The van der Waals surface area contributed by atoms with E-state index in [0.29, 0.717) is 0 Å². The summed E-state index contributed by atoms with van der Waals surface area (Å²) in [5.74, 6) is -1.15. The third kappa shape index (κ3) is 4.39. The van der Waals surface area contributed by atoms with Gasteiger partial charge in [0.1, 0.15) is 0 Å². The zero-order chi connectivity index (χ0) is 5.86. The van der Waals surface area contributed by atoms with Gasteiger partial charge in [-0.15, -0.1) is 0 Å². The number of carboxylic acid groups (broad SMARTS) is 1. The third-order valence-corrected chi connectivity index (χ3v) is 0.672. The van der Waals surface area contributed by atoms with Crippen LogP contribution in [-0.4, -0.2) is 46.2 Å². The van der Waals surface area contributed by atoms with E-state index in [1.807, 2.05) is 0 Å². The second-order valence-corrected chi connectivity index (χ2v) is 1.26. The Morgan fingerprint density at radius 2 is 2.12 bits per heavy atom. The van der Waals surface area contributed by atoms with Gasteiger partial charge in [-0.2, -0.15) is 0 Å². The first-order valence-electron chi connectivity index (χ1n) is 2.09. The first-order chi connectivity index (χ1) is 3.18. The third-order valence-electron chi connectivity index (χ3n) is 0.672. The van der Waals surface area contributed by atoms with Gasteiger partial charge in [-0.05, 0) is 6.42 Å². The van der Waals surface area contributed by atoms with Crippen LogP contribution in [0.5, 0.6) is 0 Å². The van der Waals surface area contributed by atoms with Crippen LogP contribution in [0.15, 0.2) is 0 Å².